The van der Waals surface area contributed by atoms with Gasteiger partial charge in [0.2, 0.25) is 0 Å². The number of allylic oxidation sites excluding steroid dienone is 2. The number of carbonyl (C=O) groups excluding carboxylic acids is 1. The Balaban J connectivity index is 3.08. The number of ether oxygens (including phenoxy) is 1. The van der Waals surface area contributed by atoms with Gasteiger partial charge in [0.15, 0.2) is 0 Å². The third kappa shape index (κ3) is 15.5. The van der Waals surface area contributed by atoms with E-state index >= 15 is 0 Å². The Labute approximate surface area is 124 Å². The van der Waals surface area contributed by atoms with Crippen LogP contribution in [0.25, 0.3) is 0 Å². The lowest BCUT2D eigenvalue weighted by Gasteiger charge is -2.03. The van der Waals surface area contributed by atoms with Gasteiger partial charge in [0, 0.05) is 12.2 Å². The van der Waals surface area contributed by atoms with Crippen molar-refractivity contribution in [3.8, 4) is 0 Å². The first-order chi connectivity index (χ1) is 9.31. The molecule has 0 atom stereocenters. The largest absolute Gasteiger partial charge is 0.465 e. The third-order valence-electron chi connectivity index (χ3n) is 3.09. The van der Waals surface area contributed by atoms with Crippen LogP contribution in [0.4, 0.5) is 0 Å². The van der Waals surface area contributed by atoms with E-state index in [1.54, 1.807) is 0 Å². The lowest BCUT2D eigenvalue weighted by Crippen LogP contribution is -2.06. The number of hydrogen-bond donors (Lipinski definition) is 1. The van der Waals surface area contributed by atoms with Crippen LogP contribution in [0.3, 0.4) is 0 Å². The molecule has 112 valence electrons. The summed E-state index contributed by atoms with van der Waals surface area (Å²) in [6.07, 6.45) is 16.2. The second-order valence-electron chi connectivity index (χ2n) is 4.88. The molecule has 0 unspecified atom stereocenters. The Morgan fingerprint density at radius 3 is 2.16 bits per heavy atom. The van der Waals surface area contributed by atoms with Gasteiger partial charge in [-0.05, 0) is 26.2 Å². The molecule has 0 bridgehead atoms. The summed E-state index contributed by atoms with van der Waals surface area (Å²) in [6, 6.07) is 0. The monoisotopic (exact) mass is 286 g/mol. The van der Waals surface area contributed by atoms with Crippen molar-refractivity contribution in [3.05, 3.63) is 12.2 Å². The summed E-state index contributed by atoms with van der Waals surface area (Å²) in [5.74, 6) is 0.540. The highest BCUT2D eigenvalue weighted by Crippen LogP contribution is 2.11. The van der Waals surface area contributed by atoms with Crippen LogP contribution in [0.1, 0.15) is 71.1 Å². The second kappa shape index (κ2) is 15.6. The first-order valence-corrected chi connectivity index (χ1v) is 8.32. The van der Waals surface area contributed by atoms with E-state index in [1.807, 2.05) is 0 Å². The maximum absolute atomic E-state index is 11.2. The summed E-state index contributed by atoms with van der Waals surface area (Å²) in [6.45, 7) is 2.52. The van der Waals surface area contributed by atoms with E-state index < -0.39 is 0 Å². The summed E-state index contributed by atoms with van der Waals surface area (Å²) in [5.41, 5.74) is 0. The average Bonchev–Trinajstić information content (AvgIpc) is 2.42. The van der Waals surface area contributed by atoms with Gasteiger partial charge in [0.05, 0.1) is 0 Å². The van der Waals surface area contributed by atoms with Gasteiger partial charge in [-0.25, -0.2) is 0 Å². The standard InChI is InChI=1S/C16H30O2S/c1-2-3-4-5-6-7-8-9-10-11-12-13-16(17)18-14-15-19/h2-3,19H,4-15H2,1H3/b3-2+. The van der Waals surface area contributed by atoms with Gasteiger partial charge in [-0.15, -0.1) is 0 Å². The van der Waals surface area contributed by atoms with Gasteiger partial charge in [-0.3, -0.25) is 4.79 Å². The van der Waals surface area contributed by atoms with Crippen LogP contribution in [-0.4, -0.2) is 18.3 Å². The highest BCUT2D eigenvalue weighted by Gasteiger charge is 2.01. The van der Waals surface area contributed by atoms with Crippen LogP contribution >= 0.6 is 12.6 Å². The summed E-state index contributed by atoms with van der Waals surface area (Å²) in [5, 5.41) is 0. The molecule has 0 fully saturated rings. The lowest BCUT2D eigenvalue weighted by molar-refractivity contribution is -0.143. The molecule has 3 heteroatoms. The molecule has 0 aliphatic heterocycles. The number of rotatable bonds is 13. The number of hydrogen-bond acceptors (Lipinski definition) is 3. The minimum absolute atomic E-state index is 0.0713. The fourth-order valence-corrected chi connectivity index (χ4v) is 2.08. The van der Waals surface area contributed by atoms with Crippen LogP contribution < -0.4 is 0 Å². The quantitative estimate of drug-likeness (QED) is 0.225. The van der Waals surface area contributed by atoms with Crippen LogP contribution in [0.5, 0.6) is 0 Å². The Bertz CT molecular complexity index is 227. The number of carbonyl (C=O) groups is 1. The van der Waals surface area contributed by atoms with Crippen molar-refractivity contribution in [1.82, 2.24) is 0 Å². The molecule has 0 heterocycles. The molecule has 0 aliphatic carbocycles. The van der Waals surface area contributed by atoms with Crippen molar-refractivity contribution < 1.29 is 9.53 Å². The smallest absolute Gasteiger partial charge is 0.305 e. The molecule has 0 saturated heterocycles. The molecule has 0 amide bonds. The molecule has 0 saturated carbocycles. The van der Waals surface area contributed by atoms with E-state index in [4.69, 9.17) is 4.74 Å². The van der Waals surface area contributed by atoms with Crippen LogP contribution in [-0.2, 0) is 9.53 Å². The van der Waals surface area contributed by atoms with Crippen LogP contribution in [0, 0.1) is 0 Å². The Hall–Kier alpha value is -0.440. The number of esters is 1. The maximum Gasteiger partial charge on any atom is 0.305 e. The zero-order valence-electron chi connectivity index (χ0n) is 12.4. The minimum atomic E-state index is -0.0713. The highest BCUT2D eigenvalue weighted by molar-refractivity contribution is 7.80. The Morgan fingerprint density at radius 1 is 1.00 bits per heavy atom. The number of unbranched alkanes of at least 4 members (excludes halogenated alkanes) is 8. The summed E-state index contributed by atoms with van der Waals surface area (Å²) in [4.78, 5) is 11.2. The van der Waals surface area contributed by atoms with Gasteiger partial charge in [0.25, 0.3) is 0 Å². The summed E-state index contributed by atoms with van der Waals surface area (Å²) < 4.78 is 4.96. The van der Waals surface area contributed by atoms with E-state index in [1.165, 1.54) is 44.9 Å². The molecule has 0 spiro atoms. The molecular formula is C16H30O2S. The SMILES string of the molecule is C/C=C/CCCCCCCCCCC(=O)OCCS. The van der Waals surface area contributed by atoms with E-state index in [-0.39, 0.29) is 5.97 Å². The first-order valence-electron chi connectivity index (χ1n) is 7.69. The van der Waals surface area contributed by atoms with Gasteiger partial charge < -0.3 is 4.74 Å². The van der Waals surface area contributed by atoms with Crippen molar-refractivity contribution in [2.24, 2.45) is 0 Å². The van der Waals surface area contributed by atoms with E-state index in [9.17, 15) is 4.79 Å². The molecule has 0 aliphatic rings. The molecule has 0 rings (SSSR count). The molecule has 2 nitrogen and oxygen atoms in total. The molecule has 19 heavy (non-hydrogen) atoms. The third-order valence-corrected chi connectivity index (χ3v) is 3.27. The van der Waals surface area contributed by atoms with Crippen molar-refractivity contribution in [2.45, 2.75) is 71.1 Å². The van der Waals surface area contributed by atoms with Gasteiger partial charge in [0.1, 0.15) is 6.61 Å². The molecule has 0 N–H and O–H groups in total. The van der Waals surface area contributed by atoms with Gasteiger partial charge in [-0.2, -0.15) is 12.6 Å². The van der Waals surface area contributed by atoms with Crippen molar-refractivity contribution >= 4 is 18.6 Å². The zero-order chi connectivity index (χ0) is 14.2. The maximum atomic E-state index is 11.2. The summed E-state index contributed by atoms with van der Waals surface area (Å²) in [7, 11) is 0. The van der Waals surface area contributed by atoms with Crippen LogP contribution in [0.15, 0.2) is 12.2 Å². The molecule has 0 aromatic rings. The lowest BCUT2D eigenvalue weighted by atomic mass is 10.1. The Kier molecular flexibility index (Phi) is 15.3. The van der Waals surface area contributed by atoms with Crippen molar-refractivity contribution in [1.29, 1.82) is 0 Å². The molecule has 0 aromatic heterocycles. The predicted molar refractivity (Wildman–Crippen MR) is 85.8 cm³/mol. The minimum Gasteiger partial charge on any atom is -0.465 e. The van der Waals surface area contributed by atoms with E-state index in [0.717, 1.165) is 12.8 Å². The number of thiol groups is 1. The van der Waals surface area contributed by atoms with E-state index in [2.05, 4.69) is 31.7 Å². The van der Waals surface area contributed by atoms with Gasteiger partial charge in [-0.1, -0.05) is 50.7 Å². The fraction of sp³-hybridized carbons (Fsp3) is 0.812. The molecule has 0 radical (unpaired) electrons. The predicted octanol–water partition coefficient (Wildman–Crippen LogP) is 4.94. The van der Waals surface area contributed by atoms with Crippen molar-refractivity contribution in [2.75, 3.05) is 12.4 Å². The summed E-state index contributed by atoms with van der Waals surface area (Å²) >= 11 is 4.00. The van der Waals surface area contributed by atoms with E-state index in [0.29, 0.717) is 18.8 Å². The normalized spacial score (nSPS) is 11.1. The first kappa shape index (κ1) is 18.6. The van der Waals surface area contributed by atoms with Crippen molar-refractivity contribution in [3.63, 3.8) is 0 Å². The second-order valence-corrected chi connectivity index (χ2v) is 5.33. The van der Waals surface area contributed by atoms with Gasteiger partial charge >= 0.3 is 5.97 Å². The highest BCUT2D eigenvalue weighted by atomic mass is 32.1. The zero-order valence-corrected chi connectivity index (χ0v) is 13.3. The van der Waals surface area contributed by atoms with Crippen LogP contribution in [0.2, 0.25) is 0 Å². The average molecular weight is 286 g/mol. The Morgan fingerprint density at radius 2 is 1.58 bits per heavy atom. The topological polar surface area (TPSA) is 26.3 Å². The molecule has 0 aromatic carbocycles. The fourth-order valence-electron chi connectivity index (χ4n) is 1.99. The molecular weight excluding hydrogens is 256 g/mol.